The van der Waals surface area contributed by atoms with E-state index in [4.69, 9.17) is 5.11 Å². The number of hydrogen-bond donors (Lipinski definition) is 2. The van der Waals surface area contributed by atoms with Crippen LogP contribution in [0, 0.1) is 5.92 Å². The summed E-state index contributed by atoms with van der Waals surface area (Å²) in [5, 5.41) is 11.6. The Balaban J connectivity index is 1.93. The number of carbonyl (C=O) groups is 1. The number of carboxylic acids is 1. The summed E-state index contributed by atoms with van der Waals surface area (Å²) in [4.78, 5) is 12.6. The van der Waals surface area contributed by atoms with E-state index < -0.39 is 17.9 Å². The molecule has 6 heteroatoms. The van der Waals surface area contributed by atoms with Gasteiger partial charge in [0.2, 0.25) is 0 Å². The van der Waals surface area contributed by atoms with E-state index in [1.807, 2.05) is 0 Å². The summed E-state index contributed by atoms with van der Waals surface area (Å²) < 4.78 is 27.4. The summed E-state index contributed by atoms with van der Waals surface area (Å²) in [5.41, 5.74) is 0. The number of rotatable bonds is 2. The molecule has 1 unspecified atom stereocenters. The topological polar surface area (TPSA) is 52.6 Å². The van der Waals surface area contributed by atoms with Gasteiger partial charge in [0, 0.05) is 0 Å². The average Bonchev–Trinajstić information content (AvgIpc) is 2.28. The SMILES string of the molecule is O=C(O)C1CCN(C2CCNCC2(F)F)CC1. The van der Waals surface area contributed by atoms with Gasteiger partial charge in [0.25, 0.3) is 5.92 Å². The molecule has 2 heterocycles. The van der Waals surface area contributed by atoms with Gasteiger partial charge in [0.05, 0.1) is 18.5 Å². The molecule has 2 fully saturated rings. The average molecular weight is 248 g/mol. The largest absolute Gasteiger partial charge is 0.481 e. The molecule has 2 saturated heterocycles. The highest BCUT2D eigenvalue weighted by atomic mass is 19.3. The molecule has 1 atom stereocenters. The number of alkyl halides is 2. The molecule has 98 valence electrons. The van der Waals surface area contributed by atoms with E-state index in [-0.39, 0.29) is 12.5 Å². The minimum atomic E-state index is -2.70. The number of likely N-dealkylation sites (tertiary alicyclic amines) is 1. The Bertz CT molecular complexity index is 291. The molecule has 0 aromatic rings. The molecule has 0 bridgehead atoms. The van der Waals surface area contributed by atoms with Crippen molar-refractivity contribution in [3.05, 3.63) is 0 Å². The van der Waals surface area contributed by atoms with Crippen LogP contribution in [0.4, 0.5) is 8.78 Å². The normalized spacial score (nSPS) is 31.3. The van der Waals surface area contributed by atoms with E-state index in [1.54, 1.807) is 4.90 Å². The number of piperidine rings is 2. The lowest BCUT2D eigenvalue weighted by Crippen LogP contribution is -2.58. The number of carboxylic acid groups (broad SMARTS) is 1. The van der Waals surface area contributed by atoms with E-state index in [1.165, 1.54) is 0 Å². The lowest BCUT2D eigenvalue weighted by Gasteiger charge is -2.42. The van der Waals surface area contributed by atoms with Gasteiger partial charge >= 0.3 is 5.97 Å². The fourth-order valence-corrected chi connectivity index (χ4v) is 2.73. The second kappa shape index (κ2) is 4.86. The zero-order valence-corrected chi connectivity index (χ0v) is 9.66. The summed E-state index contributed by atoms with van der Waals surface area (Å²) in [6.45, 7) is 1.28. The van der Waals surface area contributed by atoms with Gasteiger partial charge in [0.1, 0.15) is 0 Å². The Morgan fingerprint density at radius 2 is 1.94 bits per heavy atom. The molecule has 0 spiro atoms. The van der Waals surface area contributed by atoms with Gasteiger partial charge in [0.15, 0.2) is 0 Å². The third kappa shape index (κ3) is 2.74. The van der Waals surface area contributed by atoms with Crippen LogP contribution in [0.5, 0.6) is 0 Å². The van der Waals surface area contributed by atoms with E-state index in [0.29, 0.717) is 38.9 Å². The lowest BCUT2D eigenvalue weighted by atomic mass is 9.92. The van der Waals surface area contributed by atoms with Gasteiger partial charge in [-0.05, 0) is 38.9 Å². The first-order valence-electron chi connectivity index (χ1n) is 6.06. The second-order valence-electron chi connectivity index (χ2n) is 4.89. The Labute approximate surface area is 99.0 Å². The zero-order chi connectivity index (χ0) is 12.5. The maximum Gasteiger partial charge on any atom is 0.306 e. The standard InChI is InChI=1S/C11H18F2N2O2/c12-11(13)7-14-4-1-9(11)15-5-2-8(3-6-15)10(16)17/h8-9,14H,1-7H2,(H,16,17). The number of aliphatic carboxylic acids is 1. The van der Waals surface area contributed by atoms with Crippen molar-refractivity contribution in [1.29, 1.82) is 0 Å². The van der Waals surface area contributed by atoms with Crippen molar-refractivity contribution in [2.24, 2.45) is 5.92 Å². The fraction of sp³-hybridized carbons (Fsp3) is 0.909. The molecule has 0 aliphatic carbocycles. The fourth-order valence-electron chi connectivity index (χ4n) is 2.73. The predicted octanol–water partition coefficient (Wildman–Crippen LogP) is 0.780. The number of hydrogen-bond acceptors (Lipinski definition) is 3. The van der Waals surface area contributed by atoms with Crippen molar-refractivity contribution < 1.29 is 18.7 Å². The van der Waals surface area contributed by atoms with Crippen LogP contribution in [0.2, 0.25) is 0 Å². The molecule has 4 nitrogen and oxygen atoms in total. The van der Waals surface area contributed by atoms with Gasteiger partial charge in [-0.25, -0.2) is 8.78 Å². The smallest absolute Gasteiger partial charge is 0.306 e. The zero-order valence-electron chi connectivity index (χ0n) is 9.66. The third-order valence-electron chi connectivity index (χ3n) is 3.76. The van der Waals surface area contributed by atoms with Crippen LogP contribution >= 0.6 is 0 Å². The van der Waals surface area contributed by atoms with Crippen LogP contribution < -0.4 is 5.32 Å². The molecule has 2 rings (SSSR count). The molecule has 0 radical (unpaired) electrons. The molecular weight excluding hydrogens is 230 g/mol. The van der Waals surface area contributed by atoms with Crippen LogP contribution in [0.1, 0.15) is 19.3 Å². The molecule has 0 aromatic carbocycles. The van der Waals surface area contributed by atoms with E-state index in [2.05, 4.69) is 5.32 Å². The lowest BCUT2D eigenvalue weighted by molar-refractivity contribution is -0.145. The molecule has 0 aromatic heterocycles. The van der Waals surface area contributed by atoms with Crippen LogP contribution in [0.3, 0.4) is 0 Å². The van der Waals surface area contributed by atoms with Crippen molar-refractivity contribution in [1.82, 2.24) is 10.2 Å². The maximum atomic E-state index is 13.7. The van der Waals surface area contributed by atoms with Crippen LogP contribution in [0.25, 0.3) is 0 Å². The predicted molar refractivity (Wildman–Crippen MR) is 58.2 cm³/mol. The van der Waals surface area contributed by atoms with E-state index >= 15 is 0 Å². The van der Waals surface area contributed by atoms with Gasteiger partial charge in [-0.3, -0.25) is 9.69 Å². The Morgan fingerprint density at radius 1 is 1.29 bits per heavy atom. The molecule has 2 aliphatic heterocycles. The Hall–Kier alpha value is -0.750. The maximum absolute atomic E-state index is 13.7. The first-order chi connectivity index (χ1) is 8.00. The number of nitrogens with zero attached hydrogens (tertiary/aromatic N) is 1. The van der Waals surface area contributed by atoms with Crippen molar-refractivity contribution in [3.8, 4) is 0 Å². The summed E-state index contributed by atoms with van der Waals surface area (Å²) >= 11 is 0. The second-order valence-corrected chi connectivity index (χ2v) is 4.89. The molecule has 17 heavy (non-hydrogen) atoms. The van der Waals surface area contributed by atoms with Crippen LogP contribution in [-0.4, -0.2) is 54.1 Å². The van der Waals surface area contributed by atoms with Gasteiger partial charge in [-0.15, -0.1) is 0 Å². The molecule has 2 aliphatic rings. The van der Waals surface area contributed by atoms with Gasteiger partial charge in [-0.2, -0.15) is 0 Å². The van der Waals surface area contributed by atoms with Crippen LogP contribution in [0.15, 0.2) is 0 Å². The highest BCUT2D eigenvalue weighted by Crippen LogP contribution is 2.30. The molecule has 0 amide bonds. The summed E-state index contributed by atoms with van der Waals surface area (Å²) in [6, 6.07) is -0.724. The monoisotopic (exact) mass is 248 g/mol. The summed E-state index contributed by atoms with van der Waals surface area (Å²) in [7, 11) is 0. The van der Waals surface area contributed by atoms with Gasteiger partial charge < -0.3 is 10.4 Å². The van der Waals surface area contributed by atoms with E-state index in [0.717, 1.165) is 0 Å². The van der Waals surface area contributed by atoms with Crippen molar-refractivity contribution in [2.45, 2.75) is 31.2 Å². The minimum Gasteiger partial charge on any atom is -0.481 e. The molecule has 0 saturated carbocycles. The van der Waals surface area contributed by atoms with E-state index in [9.17, 15) is 13.6 Å². The minimum absolute atomic E-state index is 0.267. The van der Waals surface area contributed by atoms with Crippen LogP contribution in [-0.2, 0) is 4.79 Å². The first kappa shape index (κ1) is 12.7. The third-order valence-corrected chi connectivity index (χ3v) is 3.76. The first-order valence-corrected chi connectivity index (χ1v) is 6.06. The highest BCUT2D eigenvalue weighted by molar-refractivity contribution is 5.70. The Kier molecular flexibility index (Phi) is 3.63. The molecule has 2 N–H and O–H groups in total. The van der Waals surface area contributed by atoms with Gasteiger partial charge in [-0.1, -0.05) is 0 Å². The Morgan fingerprint density at radius 3 is 2.47 bits per heavy atom. The summed E-state index contributed by atoms with van der Waals surface area (Å²) in [6.07, 6.45) is 1.40. The number of halogens is 2. The molecular formula is C11H18F2N2O2. The highest BCUT2D eigenvalue weighted by Gasteiger charge is 2.45. The van der Waals surface area contributed by atoms with Crippen molar-refractivity contribution in [2.75, 3.05) is 26.2 Å². The number of nitrogens with one attached hydrogen (secondary N) is 1. The van der Waals surface area contributed by atoms with Crippen molar-refractivity contribution >= 4 is 5.97 Å². The summed E-state index contributed by atoms with van der Waals surface area (Å²) in [5.74, 6) is -3.86. The quantitative estimate of drug-likeness (QED) is 0.758. The van der Waals surface area contributed by atoms with Crippen molar-refractivity contribution in [3.63, 3.8) is 0 Å².